The van der Waals surface area contributed by atoms with Gasteiger partial charge < -0.3 is 0 Å². The molecule has 0 heterocycles. The van der Waals surface area contributed by atoms with Crippen LogP contribution in [0.4, 0.5) is 0 Å². The Morgan fingerprint density at radius 3 is 2.07 bits per heavy atom. The number of carbonyl (C=O) groups is 1. The predicted octanol–water partition coefficient (Wildman–Crippen LogP) is 5.71. The fourth-order valence-electron chi connectivity index (χ4n) is 7.46. The van der Waals surface area contributed by atoms with Crippen LogP contribution in [0.15, 0.2) is 20.6 Å². The average molecular weight is 403 g/mol. The number of amides is 1. The van der Waals surface area contributed by atoms with Crippen LogP contribution in [0.25, 0.3) is 0 Å². The van der Waals surface area contributed by atoms with E-state index in [9.17, 15) is 4.79 Å². The van der Waals surface area contributed by atoms with E-state index in [0.29, 0.717) is 17.2 Å². The monoisotopic (exact) mass is 403 g/mol. The minimum absolute atomic E-state index is 0.0552. The van der Waals surface area contributed by atoms with Crippen molar-refractivity contribution >= 4 is 9.72 Å². The zero-order chi connectivity index (χ0) is 19.7. The molecule has 4 bridgehead atoms. The molecule has 0 aromatic heterocycles. The van der Waals surface area contributed by atoms with E-state index in [1.165, 1.54) is 39.8 Å². The molecule has 148 valence electrons. The maximum absolute atomic E-state index is 13.8. The van der Waals surface area contributed by atoms with Crippen molar-refractivity contribution in [3.8, 4) is 0 Å². The number of carbonyl (C=O) groups excluding carboxylic acids is 1. The van der Waals surface area contributed by atoms with Crippen LogP contribution >= 0.6 is 0 Å². The first kappa shape index (κ1) is 19.8. The molecule has 4 fully saturated rings. The van der Waals surface area contributed by atoms with Crippen molar-refractivity contribution in [2.45, 2.75) is 87.0 Å². The van der Waals surface area contributed by atoms with Gasteiger partial charge in [-0.1, -0.05) is 0 Å². The average Bonchev–Trinajstić information content (AvgIpc) is 2.74. The summed E-state index contributed by atoms with van der Waals surface area (Å²) in [4.78, 5) is 13.8. The van der Waals surface area contributed by atoms with Gasteiger partial charge in [0, 0.05) is 0 Å². The van der Waals surface area contributed by atoms with Gasteiger partial charge in [-0.3, -0.25) is 0 Å². The van der Waals surface area contributed by atoms with Crippen molar-refractivity contribution in [1.29, 1.82) is 0 Å². The van der Waals surface area contributed by atoms with Gasteiger partial charge in [0.05, 0.1) is 0 Å². The molecule has 5 aliphatic rings. The number of hydrogen-bond acceptors (Lipinski definition) is 1. The molecule has 3 atom stereocenters. The standard InChI is InChI=1S/C12H19NO.C9H13.C3H6.Ti/c1-11-3-8-2-9(4-11)6-12(5-8,7-11)10(13)14;1-6-5-7(2)9(4)8(6)3;1-3-2;/h8-9H,2-7H2,1H3,(H2,13,14);6H,1-4H3;1-2H3;/q;;;+1/p-1. The summed E-state index contributed by atoms with van der Waals surface area (Å²) in [5.41, 5.74) is 4.80. The zero-order valence-electron chi connectivity index (χ0n) is 18.4. The Balaban J connectivity index is 1.63. The van der Waals surface area contributed by atoms with Crippen molar-refractivity contribution in [2.24, 2.45) is 28.6 Å². The molecule has 2 nitrogen and oxygen atoms in total. The van der Waals surface area contributed by atoms with Gasteiger partial charge in [0.2, 0.25) is 0 Å². The van der Waals surface area contributed by atoms with Gasteiger partial charge in [0.25, 0.3) is 0 Å². The molecule has 0 spiro atoms. The second-order valence-electron chi connectivity index (χ2n) is 10.9. The van der Waals surface area contributed by atoms with Crippen LogP contribution in [0.3, 0.4) is 0 Å². The Hall–Kier alpha value is -0.466. The van der Waals surface area contributed by atoms with E-state index in [-0.39, 0.29) is 5.41 Å². The van der Waals surface area contributed by atoms with Crippen LogP contribution in [0.5, 0.6) is 0 Å². The van der Waals surface area contributed by atoms with Gasteiger partial charge in [-0.05, 0) is 0 Å². The van der Waals surface area contributed by atoms with E-state index < -0.39 is 17.7 Å². The Kier molecular flexibility index (Phi) is 4.79. The summed E-state index contributed by atoms with van der Waals surface area (Å²) in [6.07, 6.45) is 7.56. The first-order valence-electron chi connectivity index (χ1n) is 10.9. The first-order chi connectivity index (χ1) is 12.6. The van der Waals surface area contributed by atoms with Gasteiger partial charge in [-0.15, -0.1) is 0 Å². The van der Waals surface area contributed by atoms with Crippen LogP contribution < -0.4 is 3.80 Å². The van der Waals surface area contributed by atoms with Crippen LogP contribution in [-0.2, 0) is 22.5 Å². The number of allylic oxidation sites excluding steroid dienone is 4. The molecule has 0 radical (unpaired) electrons. The van der Waals surface area contributed by atoms with E-state index >= 15 is 0 Å². The molecule has 3 heteroatoms. The number of nitrogens with one attached hydrogen (secondary N) is 1. The Morgan fingerprint density at radius 2 is 1.63 bits per heavy atom. The normalized spacial score (nSPS) is 40.0. The topological polar surface area (TPSA) is 29.1 Å². The van der Waals surface area contributed by atoms with E-state index in [1.54, 1.807) is 3.88 Å². The van der Waals surface area contributed by atoms with Crippen LogP contribution in [0, 0.1) is 28.6 Å². The van der Waals surface area contributed by atoms with E-state index in [1.807, 2.05) is 0 Å². The summed E-state index contributed by atoms with van der Waals surface area (Å²) in [7, 11) is 0. The van der Waals surface area contributed by atoms with Crippen molar-refractivity contribution in [1.82, 2.24) is 3.80 Å². The molecule has 0 aromatic carbocycles. The summed E-state index contributed by atoms with van der Waals surface area (Å²) in [6.45, 7) is 16.1. The fraction of sp³-hybridized carbons (Fsp3) is 0.750. The van der Waals surface area contributed by atoms with Crippen LogP contribution in [0.2, 0.25) is 0 Å². The van der Waals surface area contributed by atoms with Gasteiger partial charge >= 0.3 is 172 Å². The Labute approximate surface area is 171 Å². The third kappa shape index (κ3) is 3.10. The molecular formula is C24H37NOTi. The molecule has 27 heavy (non-hydrogen) atoms. The predicted molar refractivity (Wildman–Crippen MR) is 110 cm³/mol. The summed E-state index contributed by atoms with van der Waals surface area (Å²) < 4.78 is 6.81. The molecule has 1 N–H and O–H groups in total. The van der Waals surface area contributed by atoms with Crippen LogP contribution in [0.1, 0.15) is 87.0 Å². The summed E-state index contributed by atoms with van der Waals surface area (Å²) in [5.74, 6) is 2.53. The fourth-order valence-corrected chi connectivity index (χ4v) is 11.6. The first-order valence-corrected chi connectivity index (χ1v) is 13.3. The second kappa shape index (κ2) is 6.52. The van der Waals surface area contributed by atoms with Gasteiger partial charge in [-0.25, -0.2) is 0 Å². The molecular weight excluding hydrogens is 366 g/mol. The molecule has 0 saturated heterocycles. The number of hydrogen-bond donors (Lipinski definition) is 1. The molecule has 3 unspecified atom stereocenters. The van der Waals surface area contributed by atoms with E-state index in [0.717, 1.165) is 31.1 Å². The third-order valence-electron chi connectivity index (χ3n) is 8.48. The number of rotatable bonds is 3. The maximum atomic E-state index is 13.8. The van der Waals surface area contributed by atoms with E-state index in [2.05, 4.69) is 52.3 Å². The second-order valence-corrected chi connectivity index (χ2v) is 14.9. The summed E-state index contributed by atoms with van der Waals surface area (Å²) in [5, 5.41) is 0. The Bertz CT molecular complexity index is 781. The van der Waals surface area contributed by atoms with E-state index in [4.69, 9.17) is 0 Å². The van der Waals surface area contributed by atoms with Gasteiger partial charge in [0.15, 0.2) is 0 Å². The summed E-state index contributed by atoms with van der Waals surface area (Å²) in [6, 6.07) is 0. The molecule has 4 saturated carbocycles. The molecule has 5 aliphatic carbocycles. The van der Waals surface area contributed by atoms with Crippen molar-refractivity contribution in [3.63, 3.8) is 0 Å². The molecule has 1 amide bonds. The van der Waals surface area contributed by atoms with Crippen LogP contribution in [-0.4, -0.2) is 9.72 Å². The van der Waals surface area contributed by atoms with Gasteiger partial charge in [-0.2, -0.15) is 0 Å². The van der Waals surface area contributed by atoms with Gasteiger partial charge in [0.1, 0.15) is 0 Å². The quantitative estimate of drug-likeness (QED) is 0.601. The molecule has 0 aliphatic heterocycles. The third-order valence-corrected chi connectivity index (χ3v) is 12.9. The summed E-state index contributed by atoms with van der Waals surface area (Å²) >= 11 is -1.95. The minimum atomic E-state index is -1.95. The molecule has 0 aromatic rings. The van der Waals surface area contributed by atoms with Crippen molar-refractivity contribution < 1.29 is 22.5 Å². The van der Waals surface area contributed by atoms with Crippen molar-refractivity contribution in [3.05, 3.63) is 20.6 Å². The molecule has 5 rings (SSSR count). The Morgan fingerprint density at radius 1 is 1.04 bits per heavy atom. The SMILES string of the molecule is CC1=C(C)C(C)[C]([Ti]([NH]C(=O)C23CC4CC(CC(C)(C4)C2)C3)=[C](C)C)=C1C. The zero-order valence-corrected chi connectivity index (χ0v) is 19.9. The van der Waals surface area contributed by atoms with Crippen molar-refractivity contribution in [2.75, 3.05) is 0 Å².